The van der Waals surface area contributed by atoms with Crippen LogP contribution in [0, 0.1) is 0 Å². The Bertz CT molecular complexity index is 699. The topological polar surface area (TPSA) is 49.8 Å². The summed E-state index contributed by atoms with van der Waals surface area (Å²) in [5.74, 6) is 0.894. The number of nitrogens with zero attached hydrogens (tertiary/aromatic N) is 1. The van der Waals surface area contributed by atoms with Crippen molar-refractivity contribution in [3.8, 4) is 5.75 Å². The second-order valence-corrected chi connectivity index (χ2v) is 5.72. The lowest BCUT2D eigenvalue weighted by atomic mass is 9.98. The van der Waals surface area contributed by atoms with Crippen molar-refractivity contribution in [3.63, 3.8) is 0 Å². The summed E-state index contributed by atoms with van der Waals surface area (Å²) >= 11 is 0. The number of methoxy groups -OCH3 is 1. The number of rotatable bonds is 4. The van der Waals surface area contributed by atoms with Crippen molar-refractivity contribution < 1.29 is 14.6 Å². The Morgan fingerprint density at radius 1 is 1.22 bits per heavy atom. The number of anilines is 1. The van der Waals surface area contributed by atoms with Crippen LogP contribution in [0.2, 0.25) is 0 Å². The van der Waals surface area contributed by atoms with Crippen LogP contribution in [0.25, 0.3) is 0 Å². The maximum absolute atomic E-state index is 12.6. The van der Waals surface area contributed by atoms with Crippen LogP contribution >= 0.6 is 0 Å². The molecule has 1 amide bonds. The van der Waals surface area contributed by atoms with E-state index in [0.717, 1.165) is 22.6 Å². The predicted molar refractivity (Wildman–Crippen MR) is 89.7 cm³/mol. The fourth-order valence-electron chi connectivity index (χ4n) is 3.09. The molecule has 1 atom stereocenters. The van der Waals surface area contributed by atoms with Gasteiger partial charge in [-0.05, 0) is 30.5 Å². The van der Waals surface area contributed by atoms with Crippen LogP contribution in [0.4, 0.5) is 5.69 Å². The number of hydrogen-bond acceptors (Lipinski definition) is 3. The molecular weight excluding hydrogens is 290 g/mol. The summed E-state index contributed by atoms with van der Waals surface area (Å²) in [6.07, 6.45) is 1.16. The number of para-hydroxylation sites is 2. The third-order valence-corrected chi connectivity index (χ3v) is 4.31. The monoisotopic (exact) mass is 311 g/mol. The molecule has 1 heterocycles. The fourth-order valence-corrected chi connectivity index (χ4v) is 3.09. The first kappa shape index (κ1) is 15.6. The number of ether oxygens (including phenoxy) is 1. The van der Waals surface area contributed by atoms with Gasteiger partial charge in [0.1, 0.15) is 5.75 Å². The molecule has 120 valence electrons. The Hall–Kier alpha value is -2.33. The van der Waals surface area contributed by atoms with E-state index in [1.165, 1.54) is 0 Å². The van der Waals surface area contributed by atoms with E-state index < -0.39 is 6.10 Å². The maximum Gasteiger partial charge on any atom is 0.227 e. The second kappa shape index (κ2) is 6.84. The van der Waals surface area contributed by atoms with Gasteiger partial charge in [-0.15, -0.1) is 0 Å². The molecule has 3 rings (SSSR count). The molecule has 0 fully saturated rings. The zero-order valence-corrected chi connectivity index (χ0v) is 13.2. The summed E-state index contributed by atoms with van der Waals surface area (Å²) < 4.78 is 5.34. The maximum atomic E-state index is 12.6. The molecule has 1 aliphatic heterocycles. The van der Waals surface area contributed by atoms with Gasteiger partial charge in [0, 0.05) is 24.2 Å². The minimum absolute atomic E-state index is 0.0789. The Morgan fingerprint density at radius 3 is 2.78 bits per heavy atom. The van der Waals surface area contributed by atoms with Crippen molar-refractivity contribution in [1.82, 2.24) is 0 Å². The van der Waals surface area contributed by atoms with Crippen LogP contribution in [-0.4, -0.2) is 24.7 Å². The number of hydrogen-bond donors (Lipinski definition) is 1. The predicted octanol–water partition coefficient (Wildman–Crippen LogP) is 3.10. The molecule has 23 heavy (non-hydrogen) atoms. The van der Waals surface area contributed by atoms with E-state index in [1.54, 1.807) is 12.0 Å². The molecule has 0 saturated heterocycles. The smallest absolute Gasteiger partial charge is 0.227 e. The first-order valence-electron chi connectivity index (χ1n) is 7.90. The summed E-state index contributed by atoms with van der Waals surface area (Å²) in [4.78, 5) is 14.4. The van der Waals surface area contributed by atoms with Gasteiger partial charge in [-0.25, -0.2) is 0 Å². The van der Waals surface area contributed by atoms with Gasteiger partial charge in [0.05, 0.1) is 13.2 Å². The minimum atomic E-state index is -0.482. The Balaban J connectivity index is 1.73. The molecule has 2 aromatic rings. The highest BCUT2D eigenvalue weighted by Crippen LogP contribution is 2.34. The first-order valence-corrected chi connectivity index (χ1v) is 7.90. The molecular formula is C19H21NO3. The quantitative estimate of drug-likeness (QED) is 0.944. The van der Waals surface area contributed by atoms with Gasteiger partial charge in [-0.2, -0.15) is 0 Å². The van der Waals surface area contributed by atoms with E-state index in [-0.39, 0.29) is 5.91 Å². The van der Waals surface area contributed by atoms with E-state index in [4.69, 9.17) is 4.74 Å². The highest BCUT2D eigenvalue weighted by Gasteiger charge is 2.26. The van der Waals surface area contributed by atoms with Crippen LogP contribution in [0.15, 0.2) is 48.5 Å². The summed E-state index contributed by atoms with van der Waals surface area (Å²) in [6, 6.07) is 15.4. The Kier molecular flexibility index (Phi) is 4.63. The average molecular weight is 311 g/mol. The van der Waals surface area contributed by atoms with Gasteiger partial charge >= 0.3 is 0 Å². The summed E-state index contributed by atoms with van der Waals surface area (Å²) in [7, 11) is 1.64. The van der Waals surface area contributed by atoms with Crippen molar-refractivity contribution in [2.24, 2.45) is 0 Å². The second-order valence-electron chi connectivity index (χ2n) is 5.72. The van der Waals surface area contributed by atoms with Crippen LogP contribution in [0.5, 0.6) is 5.75 Å². The number of aliphatic hydroxyl groups excluding tert-OH is 1. The number of aliphatic hydroxyl groups is 1. The average Bonchev–Trinajstić information content (AvgIpc) is 2.60. The van der Waals surface area contributed by atoms with Crippen LogP contribution in [0.1, 0.15) is 30.1 Å². The van der Waals surface area contributed by atoms with E-state index in [0.29, 0.717) is 25.8 Å². The van der Waals surface area contributed by atoms with E-state index in [9.17, 15) is 9.90 Å². The zero-order chi connectivity index (χ0) is 16.2. The molecule has 1 N–H and O–H groups in total. The van der Waals surface area contributed by atoms with Gasteiger partial charge in [-0.3, -0.25) is 4.79 Å². The largest absolute Gasteiger partial charge is 0.496 e. The number of aryl methyl sites for hydroxylation is 1. The molecule has 0 radical (unpaired) electrons. The minimum Gasteiger partial charge on any atom is -0.496 e. The SMILES string of the molecule is COc1ccccc1CCC(=O)N1CCC(O)c2ccccc21. The van der Waals surface area contributed by atoms with E-state index in [2.05, 4.69) is 0 Å². The van der Waals surface area contributed by atoms with Gasteiger partial charge in [0.2, 0.25) is 5.91 Å². The standard InChI is InChI=1S/C19H21NO3/c1-23-18-9-5-2-6-14(18)10-11-19(22)20-13-12-17(21)15-7-3-4-8-16(15)20/h2-9,17,21H,10-13H2,1H3. The lowest BCUT2D eigenvalue weighted by Crippen LogP contribution is -2.36. The molecule has 2 aromatic carbocycles. The van der Waals surface area contributed by atoms with Crippen molar-refractivity contribution in [2.45, 2.75) is 25.4 Å². The van der Waals surface area contributed by atoms with Crippen LogP contribution in [-0.2, 0) is 11.2 Å². The van der Waals surface area contributed by atoms with Gasteiger partial charge in [-0.1, -0.05) is 36.4 Å². The fraction of sp³-hybridized carbons (Fsp3) is 0.316. The number of carbonyl (C=O) groups is 1. The highest BCUT2D eigenvalue weighted by molar-refractivity contribution is 5.94. The van der Waals surface area contributed by atoms with Gasteiger partial charge < -0.3 is 14.7 Å². The van der Waals surface area contributed by atoms with Crippen LogP contribution < -0.4 is 9.64 Å². The molecule has 0 bridgehead atoms. The highest BCUT2D eigenvalue weighted by atomic mass is 16.5. The van der Waals surface area contributed by atoms with E-state index in [1.807, 2.05) is 48.5 Å². The number of benzene rings is 2. The van der Waals surface area contributed by atoms with Crippen molar-refractivity contribution in [2.75, 3.05) is 18.6 Å². The third kappa shape index (κ3) is 3.22. The normalized spacial score (nSPS) is 16.8. The summed E-state index contributed by atoms with van der Waals surface area (Å²) in [5.41, 5.74) is 2.70. The van der Waals surface area contributed by atoms with Crippen molar-refractivity contribution in [3.05, 3.63) is 59.7 Å². The van der Waals surface area contributed by atoms with Crippen LogP contribution in [0.3, 0.4) is 0 Å². The molecule has 4 heteroatoms. The number of amides is 1. The molecule has 0 aromatic heterocycles. The summed E-state index contributed by atoms with van der Waals surface area (Å²) in [5, 5.41) is 10.1. The van der Waals surface area contributed by atoms with Gasteiger partial charge in [0.15, 0.2) is 0 Å². The number of fused-ring (bicyclic) bond motifs is 1. The Labute approximate surface area is 136 Å². The van der Waals surface area contributed by atoms with Crippen molar-refractivity contribution in [1.29, 1.82) is 0 Å². The zero-order valence-electron chi connectivity index (χ0n) is 13.2. The van der Waals surface area contributed by atoms with Crippen molar-refractivity contribution >= 4 is 11.6 Å². The first-order chi connectivity index (χ1) is 11.2. The third-order valence-electron chi connectivity index (χ3n) is 4.31. The molecule has 0 aliphatic carbocycles. The lowest BCUT2D eigenvalue weighted by molar-refractivity contribution is -0.118. The lowest BCUT2D eigenvalue weighted by Gasteiger charge is -2.32. The summed E-state index contributed by atoms with van der Waals surface area (Å²) in [6.45, 7) is 0.558. The molecule has 1 unspecified atom stereocenters. The van der Waals surface area contributed by atoms with Gasteiger partial charge in [0.25, 0.3) is 0 Å². The molecule has 0 saturated carbocycles. The molecule has 1 aliphatic rings. The molecule has 4 nitrogen and oxygen atoms in total. The molecule has 0 spiro atoms. The Morgan fingerprint density at radius 2 is 1.96 bits per heavy atom. The van der Waals surface area contributed by atoms with E-state index >= 15 is 0 Å². The number of carbonyl (C=O) groups excluding carboxylic acids is 1.